The van der Waals surface area contributed by atoms with Gasteiger partial charge < -0.3 is 10.2 Å². The van der Waals surface area contributed by atoms with Gasteiger partial charge in [0.1, 0.15) is 12.6 Å². The molecular weight excluding hydrogens is 634 g/mol. The monoisotopic (exact) mass is 663 g/mol. The summed E-state index contributed by atoms with van der Waals surface area (Å²) in [5.41, 5.74) is 2.06. The van der Waals surface area contributed by atoms with E-state index in [0.29, 0.717) is 16.7 Å². The van der Waals surface area contributed by atoms with Gasteiger partial charge in [-0.1, -0.05) is 77.5 Å². The second-order valence-corrected chi connectivity index (χ2v) is 12.5. The number of amides is 2. The van der Waals surface area contributed by atoms with E-state index in [2.05, 4.69) is 37.2 Å². The predicted octanol–water partition coefficient (Wildman–Crippen LogP) is 5.14. The molecule has 0 spiro atoms. The molecule has 0 bridgehead atoms. The van der Waals surface area contributed by atoms with E-state index in [9.17, 15) is 18.0 Å². The number of benzene rings is 3. The number of carbonyl (C=O) groups is 2. The van der Waals surface area contributed by atoms with Gasteiger partial charge in [-0.25, -0.2) is 8.42 Å². The molecule has 0 saturated heterocycles. The first-order chi connectivity index (χ1) is 18.1. The zero-order chi connectivity index (χ0) is 27.7. The van der Waals surface area contributed by atoms with Crippen LogP contribution in [0.5, 0.6) is 0 Å². The average molecular weight is 665 g/mol. The lowest BCUT2D eigenvalue weighted by Gasteiger charge is -2.33. The highest BCUT2D eigenvalue weighted by molar-refractivity contribution is 9.10. The third-order valence-corrected chi connectivity index (χ3v) is 8.21. The molecule has 0 heterocycles. The van der Waals surface area contributed by atoms with Crippen LogP contribution in [0, 0.1) is 0 Å². The average Bonchev–Trinajstić information content (AvgIpc) is 2.89. The standard InChI is InChI=1S/C28H31Br2N3O4S/c1-3-17-31-28(35)26(18-21-9-5-4-6-10-21)32(19-22-13-15-23(29)16-14-22)27(34)20-33(38(2,36)37)25-12-8-7-11-24(25)30/h4-16,26H,3,17-20H2,1-2H3,(H,31,35)/t26-/m1/s1. The van der Waals surface area contributed by atoms with Crippen LogP contribution in [-0.2, 0) is 32.6 Å². The van der Waals surface area contributed by atoms with Gasteiger partial charge in [0, 0.05) is 28.5 Å². The fourth-order valence-electron chi connectivity index (χ4n) is 3.96. The third kappa shape index (κ3) is 8.41. The summed E-state index contributed by atoms with van der Waals surface area (Å²) in [5, 5.41) is 2.93. The van der Waals surface area contributed by atoms with Gasteiger partial charge in [0.15, 0.2) is 0 Å². The molecule has 7 nitrogen and oxygen atoms in total. The Hall–Kier alpha value is -2.69. The van der Waals surface area contributed by atoms with E-state index >= 15 is 0 Å². The molecule has 0 unspecified atom stereocenters. The number of carbonyl (C=O) groups excluding carboxylic acids is 2. The Morgan fingerprint density at radius 1 is 0.895 bits per heavy atom. The van der Waals surface area contributed by atoms with Crippen LogP contribution in [0.15, 0.2) is 87.8 Å². The van der Waals surface area contributed by atoms with Crippen molar-refractivity contribution in [1.82, 2.24) is 10.2 Å². The normalized spacial score (nSPS) is 12.0. The highest BCUT2D eigenvalue weighted by Gasteiger charge is 2.33. The summed E-state index contributed by atoms with van der Waals surface area (Å²) in [7, 11) is -3.82. The minimum atomic E-state index is -3.82. The predicted molar refractivity (Wildman–Crippen MR) is 158 cm³/mol. The Kier molecular flexibility index (Phi) is 10.9. The highest BCUT2D eigenvalue weighted by atomic mass is 79.9. The number of sulfonamides is 1. The largest absolute Gasteiger partial charge is 0.354 e. The molecule has 2 amide bonds. The Labute approximate surface area is 241 Å². The van der Waals surface area contributed by atoms with Crippen LogP contribution >= 0.6 is 31.9 Å². The van der Waals surface area contributed by atoms with Crippen molar-refractivity contribution in [3.05, 3.63) is 98.9 Å². The maximum atomic E-state index is 14.0. The lowest BCUT2D eigenvalue weighted by molar-refractivity contribution is -0.140. The molecule has 1 N–H and O–H groups in total. The number of rotatable bonds is 12. The zero-order valence-electron chi connectivity index (χ0n) is 21.3. The topological polar surface area (TPSA) is 86.8 Å². The minimum Gasteiger partial charge on any atom is -0.354 e. The third-order valence-electron chi connectivity index (χ3n) is 5.89. The van der Waals surface area contributed by atoms with E-state index in [1.54, 1.807) is 24.3 Å². The maximum Gasteiger partial charge on any atom is 0.244 e. The van der Waals surface area contributed by atoms with Crippen molar-refractivity contribution in [3.8, 4) is 0 Å². The fraction of sp³-hybridized carbons (Fsp3) is 0.286. The number of nitrogens with zero attached hydrogens (tertiary/aromatic N) is 2. The van der Waals surface area contributed by atoms with Crippen molar-refractivity contribution in [1.29, 1.82) is 0 Å². The van der Waals surface area contributed by atoms with Gasteiger partial charge in [0.25, 0.3) is 0 Å². The van der Waals surface area contributed by atoms with Crippen LogP contribution in [0.3, 0.4) is 0 Å². The van der Waals surface area contributed by atoms with E-state index in [-0.39, 0.29) is 18.9 Å². The molecule has 1 atom stereocenters. The lowest BCUT2D eigenvalue weighted by atomic mass is 10.0. The van der Waals surface area contributed by atoms with E-state index in [1.165, 1.54) is 4.90 Å². The van der Waals surface area contributed by atoms with Crippen molar-refractivity contribution >= 4 is 59.4 Å². The van der Waals surface area contributed by atoms with E-state index < -0.39 is 28.5 Å². The molecule has 3 aromatic rings. The lowest BCUT2D eigenvalue weighted by Crippen LogP contribution is -2.53. The molecule has 3 aromatic carbocycles. The Morgan fingerprint density at radius 2 is 1.53 bits per heavy atom. The zero-order valence-corrected chi connectivity index (χ0v) is 25.3. The quantitative estimate of drug-likeness (QED) is 0.291. The molecule has 0 fully saturated rings. The molecule has 0 saturated carbocycles. The van der Waals surface area contributed by atoms with Crippen molar-refractivity contribution in [2.75, 3.05) is 23.7 Å². The molecule has 0 aromatic heterocycles. The number of hydrogen-bond acceptors (Lipinski definition) is 4. The van der Waals surface area contributed by atoms with Crippen molar-refractivity contribution in [2.24, 2.45) is 0 Å². The summed E-state index contributed by atoms with van der Waals surface area (Å²) in [6, 6.07) is 22.9. The Bertz CT molecular complexity index is 1340. The number of halogens is 2. The van der Waals surface area contributed by atoms with Crippen LogP contribution in [0.1, 0.15) is 24.5 Å². The molecule has 202 valence electrons. The van der Waals surface area contributed by atoms with Gasteiger partial charge in [-0.05, 0) is 57.7 Å². The Morgan fingerprint density at radius 3 is 2.13 bits per heavy atom. The van der Waals surface area contributed by atoms with Crippen LogP contribution in [0.25, 0.3) is 0 Å². The van der Waals surface area contributed by atoms with Crippen molar-refractivity contribution < 1.29 is 18.0 Å². The summed E-state index contributed by atoms with van der Waals surface area (Å²) in [6.45, 7) is 2.11. The second-order valence-electron chi connectivity index (χ2n) is 8.87. The maximum absolute atomic E-state index is 14.0. The highest BCUT2D eigenvalue weighted by Crippen LogP contribution is 2.28. The van der Waals surface area contributed by atoms with Crippen molar-refractivity contribution in [2.45, 2.75) is 32.4 Å². The van der Waals surface area contributed by atoms with Crippen LogP contribution in [0.4, 0.5) is 5.69 Å². The molecule has 0 radical (unpaired) electrons. The van der Waals surface area contributed by atoms with Crippen LogP contribution < -0.4 is 9.62 Å². The van der Waals surface area contributed by atoms with Gasteiger partial charge >= 0.3 is 0 Å². The molecule has 0 aliphatic heterocycles. The number of para-hydroxylation sites is 1. The molecular formula is C28H31Br2N3O4S. The first-order valence-electron chi connectivity index (χ1n) is 12.2. The van der Waals surface area contributed by atoms with Crippen LogP contribution in [-0.4, -0.2) is 50.5 Å². The first kappa shape index (κ1) is 29.9. The van der Waals surface area contributed by atoms with Gasteiger partial charge in [0.05, 0.1) is 11.9 Å². The van der Waals surface area contributed by atoms with E-state index in [1.807, 2.05) is 61.5 Å². The fourth-order valence-corrected chi connectivity index (χ4v) is 5.70. The van der Waals surface area contributed by atoms with Gasteiger partial charge in [-0.3, -0.25) is 13.9 Å². The summed E-state index contributed by atoms with van der Waals surface area (Å²) >= 11 is 6.83. The van der Waals surface area contributed by atoms with Gasteiger partial charge in [0.2, 0.25) is 21.8 Å². The van der Waals surface area contributed by atoms with Gasteiger partial charge in [-0.2, -0.15) is 0 Å². The van der Waals surface area contributed by atoms with Crippen molar-refractivity contribution in [3.63, 3.8) is 0 Å². The minimum absolute atomic E-state index is 0.136. The number of anilines is 1. The molecule has 0 aliphatic carbocycles. The van der Waals surface area contributed by atoms with E-state index in [4.69, 9.17) is 0 Å². The number of nitrogens with one attached hydrogen (secondary N) is 1. The molecule has 38 heavy (non-hydrogen) atoms. The Balaban J connectivity index is 2.04. The van der Waals surface area contributed by atoms with Gasteiger partial charge in [-0.15, -0.1) is 0 Å². The van der Waals surface area contributed by atoms with Crippen LogP contribution in [0.2, 0.25) is 0 Å². The number of hydrogen-bond donors (Lipinski definition) is 1. The second kappa shape index (κ2) is 13.9. The molecule has 0 aliphatic rings. The molecule has 3 rings (SSSR count). The first-order valence-corrected chi connectivity index (χ1v) is 15.6. The summed E-state index contributed by atoms with van der Waals surface area (Å²) in [5.74, 6) is -0.769. The SMILES string of the molecule is CCCNC(=O)[C@@H](Cc1ccccc1)N(Cc1ccc(Br)cc1)C(=O)CN(c1ccccc1Br)S(C)(=O)=O. The summed E-state index contributed by atoms with van der Waals surface area (Å²) in [4.78, 5) is 28.9. The molecule has 10 heteroatoms. The summed E-state index contributed by atoms with van der Waals surface area (Å²) < 4.78 is 28.1. The van der Waals surface area contributed by atoms with E-state index in [0.717, 1.165) is 32.6 Å². The summed E-state index contributed by atoms with van der Waals surface area (Å²) in [6.07, 6.45) is 2.09. The smallest absolute Gasteiger partial charge is 0.244 e.